The van der Waals surface area contributed by atoms with E-state index in [0.29, 0.717) is 12.5 Å². The first-order valence-corrected chi connectivity index (χ1v) is 6.21. The molecule has 1 saturated carbocycles. The number of aliphatic hydroxyl groups is 1. The van der Waals surface area contributed by atoms with Crippen LogP contribution in [0.3, 0.4) is 0 Å². The van der Waals surface area contributed by atoms with Crippen LogP contribution in [0.1, 0.15) is 32.1 Å². The van der Waals surface area contributed by atoms with Crippen molar-refractivity contribution in [2.24, 2.45) is 11.3 Å². The summed E-state index contributed by atoms with van der Waals surface area (Å²) in [5.74, 6) is -0.145. The smallest absolute Gasteiger partial charge is 0.304 e. The Labute approximate surface area is 96.3 Å². The normalized spacial score (nSPS) is 34.9. The predicted molar refractivity (Wildman–Crippen MR) is 60.2 cm³/mol. The summed E-state index contributed by atoms with van der Waals surface area (Å²) in [5, 5.41) is 18.3. The highest BCUT2D eigenvalue weighted by molar-refractivity contribution is 5.66. The Kier molecular flexibility index (Phi) is 3.50. The summed E-state index contributed by atoms with van der Waals surface area (Å²) in [5.41, 5.74) is 0.0801. The van der Waals surface area contributed by atoms with E-state index in [9.17, 15) is 9.90 Å². The van der Waals surface area contributed by atoms with Crippen LogP contribution in [0, 0.1) is 11.3 Å². The van der Waals surface area contributed by atoms with Gasteiger partial charge in [0.1, 0.15) is 0 Å². The molecule has 2 N–H and O–H groups in total. The monoisotopic (exact) mass is 227 g/mol. The van der Waals surface area contributed by atoms with Crippen molar-refractivity contribution in [2.45, 2.75) is 32.1 Å². The summed E-state index contributed by atoms with van der Waals surface area (Å²) < 4.78 is 0. The van der Waals surface area contributed by atoms with Crippen molar-refractivity contribution in [3.63, 3.8) is 0 Å². The molecule has 1 saturated heterocycles. The second-order valence-corrected chi connectivity index (χ2v) is 5.34. The zero-order chi connectivity index (χ0) is 11.6. The van der Waals surface area contributed by atoms with E-state index in [4.69, 9.17) is 5.11 Å². The molecule has 2 atom stereocenters. The van der Waals surface area contributed by atoms with Gasteiger partial charge in [-0.3, -0.25) is 4.79 Å². The Morgan fingerprint density at radius 1 is 1.44 bits per heavy atom. The van der Waals surface area contributed by atoms with E-state index in [0.717, 1.165) is 19.5 Å². The maximum atomic E-state index is 10.5. The van der Waals surface area contributed by atoms with Gasteiger partial charge >= 0.3 is 5.97 Å². The van der Waals surface area contributed by atoms with Crippen molar-refractivity contribution < 1.29 is 15.0 Å². The van der Waals surface area contributed by atoms with Gasteiger partial charge in [-0.25, -0.2) is 0 Å². The van der Waals surface area contributed by atoms with Crippen LogP contribution in [0.2, 0.25) is 0 Å². The maximum Gasteiger partial charge on any atom is 0.304 e. The van der Waals surface area contributed by atoms with Crippen LogP contribution in [0.15, 0.2) is 0 Å². The molecule has 1 heterocycles. The van der Waals surface area contributed by atoms with Gasteiger partial charge in [0, 0.05) is 25.0 Å². The van der Waals surface area contributed by atoms with Gasteiger partial charge < -0.3 is 15.1 Å². The summed E-state index contributed by atoms with van der Waals surface area (Å²) in [7, 11) is 0. The molecule has 2 aliphatic rings. The average Bonchev–Trinajstić information content (AvgIpc) is 2.65. The highest BCUT2D eigenvalue weighted by Gasteiger charge is 2.46. The van der Waals surface area contributed by atoms with Gasteiger partial charge in [-0.15, -0.1) is 0 Å². The second kappa shape index (κ2) is 4.72. The van der Waals surface area contributed by atoms with E-state index in [2.05, 4.69) is 4.90 Å². The largest absolute Gasteiger partial charge is 0.481 e. The summed E-state index contributed by atoms with van der Waals surface area (Å²) in [6.07, 6.45) is 5.00. The lowest BCUT2D eigenvalue weighted by atomic mass is 9.69. The second-order valence-electron chi connectivity index (χ2n) is 5.34. The molecule has 0 radical (unpaired) electrons. The van der Waals surface area contributed by atoms with E-state index in [1.165, 1.54) is 19.3 Å². The highest BCUT2D eigenvalue weighted by atomic mass is 16.4. The molecule has 0 spiro atoms. The number of hydrogen-bond acceptors (Lipinski definition) is 3. The summed E-state index contributed by atoms with van der Waals surface area (Å²) in [6, 6.07) is 0. The lowest BCUT2D eigenvalue weighted by Crippen LogP contribution is -2.37. The quantitative estimate of drug-likeness (QED) is 0.750. The van der Waals surface area contributed by atoms with E-state index in [1.807, 2.05) is 0 Å². The number of nitrogens with zero attached hydrogens (tertiary/aromatic N) is 1. The fourth-order valence-corrected chi connectivity index (χ4v) is 3.38. The minimum Gasteiger partial charge on any atom is -0.481 e. The van der Waals surface area contributed by atoms with Crippen molar-refractivity contribution in [1.29, 1.82) is 0 Å². The lowest BCUT2D eigenvalue weighted by Gasteiger charge is -2.36. The molecule has 1 aliphatic carbocycles. The number of aliphatic carboxylic acids is 1. The molecule has 4 heteroatoms. The van der Waals surface area contributed by atoms with Gasteiger partial charge in [0.25, 0.3) is 0 Å². The molecule has 16 heavy (non-hydrogen) atoms. The van der Waals surface area contributed by atoms with Crippen LogP contribution in [-0.2, 0) is 4.79 Å². The van der Waals surface area contributed by atoms with Crippen molar-refractivity contribution in [2.75, 3.05) is 26.2 Å². The van der Waals surface area contributed by atoms with Gasteiger partial charge in [-0.05, 0) is 18.8 Å². The van der Waals surface area contributed by atoms with Gasteiger partial charge in [0.05, 0.1) is 13.0 Å². The topological polar surface area (TPSA) is 60.8 Å². The molecule has 92 valence electrons. The molecule has 2 fully saturated rings. The number of hydrogen-bond donors (Lipinski definition) is 2. The van der Waals surface area contributed by atoms with Crippen molar-refractivity contribution in [3.8, 4) is 0 Å². The number of aliphatic hydroxyl groups excluding tert-OH is 1. The number of carboxylic acids is 1. The van der Waals surface area contributed by atoms with Crippen LogP contribution in [0.25, 0.3) is 0 Å². The summed E-state index contributed by atoms with van der Waals surface area (Å²) in [6.45, 7) is 2.77. The molecule has 0 unspecified atom stereocenters. The minimum absolute atomic E-state index is 0.0801. The Hall–Kier alpha value is -0.610. The zero-order valence-corrected chi connectivity index (χ0v) is 9.69. The third-order valence-electron chi connectivity index (χ3n) is 4.32. The number of fused-ring (bicyclic) bond motifs is 1. The molecular formula is C12H21NO3. The van der Waals surface area contributed by atoms with Crippen LogP contribution in [0.5, 0.6) is 0 Å². The Morgan fingerprint density at radius 3 is 2.88 bits per heavy atom. The Balaban J connectivity index is 1.94. The fourth-order valence-electron chi connectivity index (χ4n) is 3.38. The third-order valence-corrected chi connectivity index (χ3v) is 4.32. The molecule has 0 aromatic heterocycles. The molecule has 0 aromatic rings. The first kappa shape index (κ1) is 11.9. The lowest BCUT2D eigenvalue weighted by molar-refractivity contribution is -0.137. The molecule has 1 aliphatic heterocycles. The van der Waals surface area contributed by atoms with Crippen molar-refractivity contribution >= 4 is 5.97 Å². The number of carbonyl (C=O) groups is 1. The molecule has 2 rings (SSSR count). The van der Waals surface area contributed by atoms with E-state index in [1.54, 1.807) is 0 Å². The third kappa shape index (κ3) is 2.23. The first-order chi connectivity index (χ1) is 7.66. The SMILES string of the molecule is O=C(O)CCN1C[C@@H]2CCCC[C@]2(CO)C1. The summed E-state index contributed by atoms with van der Waals surface area (Å²) in [4.78, 5) is 12.8. The fraction of sp³-hybridized carbons (Fsp3) is 0.917. The van der Waals surface area contributed by atoms with Crippen molar-refractivity contribution in [3.05, 3.63) is 0 Å². The highest BCUT2D eigenvalue weighted by Crippen LogP contribution is 2.46. The van der Waals surface area contributed by atoms with Crippen LogP contribution < -0.4 is 0 Å². The van der Waals surface area contributed by atoms with E-state index in [-0.39, 0.29) is 18.4 Å². The standard InChI is InChI=1S/C12H21NO3/c14-9-12-5-2-1-3-10(12)7-13(8-12)6-4-11(15)16/h10,14H,1-9H2,(H,15,16)/t10-,12+/m0/s1. The van der Waals surface area contributed by atoms with Crippen LogP contribution >= 0.6 is 0 Å². The van der Waals surface area contributed by atoms with Crippen molar-refractivity contribution in [1.82, 2.24) is 4.90 Å². The maximum absolute atomic E-state index is 10.5. The molecule has 0 amide bonds. The van der Waals surface area contributed by atoms with E-state index < -0.39 is 5.97 Å². The number of carboxylic acid groups (broad SMARTS) is 1. The molecule has 0 bridgehead atoms. The van der Waals surface area contributed by atoms with E-state index >= 15 is 0 Å². The van der Waals surface area contributed by atoms with Gasteiger partial charge in [-0.2, -0.15) is 0 Å². The van der Waals surface area contributed by atoms with Gasteiger partial charge in [0.2, 0.25) is 0 Å². The Morgan fingerprint density at radius 2 is 2.25 bits per heavy atom. The molecule has 4 nitrogen and oxygen atoms in total. The average molecular weight is 227 g/mol. The number of likely N-dealkylation sites (tertiary alicyclic amines) is 1. The predicted octanol–water partition coefficient (Wildman–Crippen LogP) is 0.946. The number of rotatable bonds is 4. The Bertz CT molecular complexity index is 269. The molecule has 0 aromatic carbocycles. The van der Waals surface area contributed by atoms with Crippen LogP contribution in [0.4, 0.5) is 0 Å². The van der Waals surface area contributed by atoms with Gasteiger partial charge in [0.15, 0.2) is 0 Å². The van der Waals surface area contributed by atoms with Gasteiger partial charge in [-0.1, -0.05) is 12.8 Å². The summed E-state index contributed by atoms with van der Waals surface area (Å²) >= 11 is 0. The van der Waals surface area contributed by atoms with Crippen LogP contribution in [-0.4, -0.2) is 47.3 Å². The minimum atomic E-state index is -0.729. The zero-order valence-electron chi connectivity index (χ0n) is 9.69. The molecular weight excluding hydrogens is 206 g/mol. The first-order valence-electron chi connectivity index (χ1n) is 6.21.